The molecule has 0 bridgehead atoms. The Morgan fingerprint density at radius 1 is 0.867 bits per heavy atom. The number of rotatable bonds is 3. The van der Waals surface area contributed by atoms with Crippen LogP contribution in [0.2, 0.25) is 0 Å². The average Bonchev–Trinajstić information content (AvgIpc) is 2.97. The summed E-state index contributed by atoms with van der Waals surface area (Å²) in [6.07, 6.45) is 6.52. The third-order valence-electron chi connectivity index (χ3n) is 6.40. The van der Waals surface area contributed by atoms with E-state index in [2.05, 4.69) is 36.4 Å². The van der Waals surface area contributed by atoms with Crippen molar-refractivity contribution in [3.05, 3.63) is 53.6 Å². The molecule has 5 rings (SSSR count). The van der Waals surface area contributed by atoms with Gasteiger partial charge in [-0.25, -0.2) is 0 Å². The van der Waals surface area contributed by atoms with E-state index in [1.807, 2.05) is 11.0 Å². The van der Waals surface area contributed by atoms with Gasteiger partial charge in [-0.15, -0.1) is 0 Å². The Morgan fingerprint density at radius 2 is 1.60 bits per heavy atom. The number of benzene rings is 3. The van der Waals surface area contributed by atoms with E-state index >= 15 is 0 Å². The number of carbonyl (C=O) groups excluding carboxylic acids is 1. The predicted molar refractivity (Wildman–Crippen MR) is 118 cm³/mol. The first-order valence-electron chi connectivity index (χ1n) is 10.3. The highest BCUT2D eigenvalue weighted by molar-refractivity contribution is 6.12. The monoisotopic (exact) mass is 403 g/mol. The zero-order chi connectivity index (χ0) is 20.8. The van der Waals surface area contributed by atoms with Crippen LogP contribution in [0, 0.1) is 0 Å². The number of nitrogens with zero attached hydrogens (tertiary/aromatic N) is 1. The second kappa shape index (κ2) is 7.24. The second-order valence-electron chi connectivity index (χ2n) is 7.88. The molecule has 2 aliphatic rings. The highest BCUT2D eigenvalue weighted by Crippen LogP contribution is 2.43. The first-order valence-corrected chi connectivity index (χ1v) is 10.3. The van der Waals surface area contributed by atoms with E-state index < -0.39 is 0 Å². The van der Waals surface area contributed by atoms with Gasteiger partial charge in [0.2, 0.25) is 5.91 Å². The standard InChI is InChI=1S/C25H25NO4/c1-28-16-8-9-17-19(11-16)21-13-24(30-3)23(29-2)12-20(21)18-10-15-6-4-5-7-25(27)26(15)14-22(17)18/h4,6,8-9,11-13,15H,5,7,10,14H2,1-3H3. The summed E-state index contributed by atoms with van der Waals surface area (Å²) in [7, 11) is 5.00. The van der Waals surface area contributed by atoms with Crippen molar-refractivity contribution in [1.82, 2.24) is 4.90 Å². The molecular formula is C25H25NO4. The fraction of sp³-hybridized carbons (Fsp3) is 0.320. The number of hydrogen-bond donors (Lipinski definition) is 0. The Balaban J connectivity index is 1.85. The van der Waals surface area contributed by atoms with Crippen LogP contribution < -0.4 is 14.2 Å². The van der Waals surface area contributed by atoms with E-state index in [4.69, 9.17) is 14.2 Å². The molecule has 2 aliphatic heterocycles. The van der Waals surface area contributed by atoms with Gasteiger partial charge >= 0.3 is 0 Å². The van der Waals surface area contributed by atoms with E-state index in [-0.39, 0.29) is 11.9 Å². The van der Waals surface area contributed by atoms with Crippen molar-refractivity contribution in [2.75, 3.05) is 21.3 Å². The summed E-state index contributed by atoms with van der Waals surface area (Å²) < 4.78 is 16.7. The minimum atomic E-state index is 0.0968. The number of fused-ring (bicyclic) bond motifs is 7. The summed E-state index contributed by atoms with van der Waals surface area (Å²) in [5.41, 5.74) is 2.50. The Bertz CT molecular complexity index is 1200. The Morgan fingerprint density at radius 3 is 2.33 bits per heavy atom. The number of allylic oxidation sites excluding steroid dienone is 1. The number of amides is 1. The van der Waals surface area contributed by atoms with E-state index in [1.165, 1.54) is 11.1 Å². The molecule has 5 heteroatoms. The maximum atomic E-state index is 12.8. The number of methoxy groups -OCH3 is 3. The molecule has 1 unspecified atom stereocenters. The van der Waals surface area contributed by atoms with Gasteiger partial charge in [-0.1, -0.05) is 18.2 Å². The normalized spacial score (nSPS) is 18.2. The summed E-state index contributed by atoms with van der Waals surface area (Å²) in [4.78, 5) is 14.8. The molecule has 0 aliphatic carbocycles. The third kappa shape index (κ3) is 2.80. The second-order valence-corrected chi connectivity index (χ2v) is 7.88. The molecule has 3 aromatic carbocycles. The van der Waals surface area contributed by atoms with Crippen LogP contribution in [0.3, 0.4) is 0 Å². The lowest BCUT2D eigenvalue weighted by Gasteiger charge is -2.36. The van der Waals surface area contributed by atoms with Crippen LogP contribution in [0.15, 0.2) is 42.5 Å². The molecule has 3 aromatic rings. The van der Waals surface area contributed by atoms with Crippen molar-refractivity contribution >= 4 is 27.5 Å². The molecule has 1 amide bonds. The largest absolute Gasteiger partial charge is 0.497 e. The van der Waals surface area contributed by atoms with E-state index in [0.717, 1.165) is 40.1 Å². The Kier molecular flexibility index (Phi) is 4.54. The number of hydrogen-bond acceptors (Lipinski definition) is 4. The SMILES string of the molecule is COc1ccc2c3c(c4cc(OC)c(OC)cc4c2c1)CC1C=CCCC(=O)N1C3. The quantitative estimate of drug-likeness (QED) is 0.473. The zero-order valence-corrected chi connectivity index (χ0v) is 17.5. The van der Waals surface area contributed by atoms with Crippen molar-refractivity contribution in [1.29, 1.82) is 0 Å². The molecule has 0 fully saturated rings. The van der Waals surface area contributed by atoms with Gasteiger partial charge in [0.15, 0.2) is 11.5 Å². The van der Waals surface area contributed by atoms with Crippen molar-refractivity contribution < 1.29 is 19.0 Å². The van der Waals surface area contributed by atoms with Crippen LogP contribution >= 0.6 is 0 Å². The van der Waals surface area contributed by atoms with Gasteiger partial charge in [-0.3, -0.25) is 4.79 Å². The first-order chi connectivity index (χ1) is 14.6. The molecule has 0 saturated heterocycles. The summed E-state index contributed by atoms with van der Waals surface area (Å²) >= 11 is 0. The molecule has 2 heterocycles. The van der Waals surface area contributed by atoms with Crippen LogP contribution in [0.1, 0.15) is 24.0 Å². The topological polar surface area (TPSA) is 48.0 Å². The molecule has 154 valence electrons. The summed E-state index contributed by atoms with van der Waals surface area (Å²) in [6, 6.07) is 10.4. The van der Waals surface area contributed by atoms with Crippen molar-refractivity contribution in [3.8, 4) is 17.2 Å². The molecule has 30 heavy (non-hydrogen) atoms. The van der Waals surface area contributed by atoms with E-state index in [9.17, 15) is 4.79 Å². The lowest BCUT2D eigenvalue weighted by Crippen LogP contribution is -2.42. The molecular weight excluding hydrogens is 378 g/mol. The van der Waals surface area contributed by atoms with Gasteiger partial charge in [0.1, 0.15) is 5.75 Å². The summed E-state index contributed by atoms with van der Waals surface area (Å²) in [5.74, 6) is 2.45. The number of carbonyl (C=O) groups is 1. The molecule has 0 N–H and O–H groups in total. The fourth-order valence-corrected chi connectivity index (χ4v) is 4.88. The molecule has 0 saturated carbocycles. The summed E-state index contributed by atoms with van der Waals surface area (Å²) in [6.45, 7) is 0.621. The molecule has 1 atom stereocenters. The third-order valence-corrected chi connectivity index (χ3v) is 6.40. The van der Waals surface area contributed by atoms with E-state index in [0.29, 0.717) is 24.5 Å². The van der Waals surface area contributed by atoms with Gasteiger partial charge in [0.25, 0.3) is 0 Å². The van der Waals surface area contributed by atoms with Gasteiger partial charge in [0, 0.05) is 13.0 Å². The predicted octanol–water partition coefficient (Wildman–Crippen LogP) is 4.62. The number of ether oxygens (including phenoxy) is 3. The molecule has 5 nitrogen and oxygen atoms in total. The Labute approximate surface area is 175 Å². The van der Waals surface area contributed by atoms with E-state index in [1.54, 1.807) is 21.3 Å². The van der Waals surface area contributed by atoms with Crippen molar-refractivity contribution in [2.24, 2.45) is 0 Å². The van der Waals surface area contributed by atoms with Crippen LogP contribution in [0.25, 0.3) is 21.5 Å². The molecule has 0 spiro atoms. The summed E-state index contributed by atoms with van der Waals surface area (Å²) in [5, 5.41) is 4.51. The minimum absolute atomic E-state index is 0.0968. The van der Waals surface area contributed by atoms with Crippen LogP contribution in [-0.4, -0.2) is 38.2 Å². The van der Waals surface area contributed by atoms with Crippen molar-refractivity contribution in [2.45, 2.75) is 31.8 Å². The van der Waals surface area contributed by atoms with Gasteiger partial charge in [-0.2, -0.15) is 0 Å². The lowest BCUT2D eigenvalue weighted by atomic mass is 9.84. The highest BCUT2D eigenvalue weighted by Gasteiger charge is 2.32. The molecule has 0 radical (unpaired) electrons. The average molecular weight is 403 g/mol. The smallest absolute Gasteiger partial charge is 0.223 e. The van der Waals surface area contributed by atoms with Crippen LogP contribution in [-0.2, 0) is 17.8 Å². The van der Waals surface area contributed by atoms with Crippen LogP contribution in [0.4, 0.5) is 0 Å². The minimum Gasteiger partial charge on any atom is -0.497 e. The van der Waals surface area contributed by atoms with Crippen LogP contribution in [0.5, 0.6) is 17.2 Å². The van der Waals surface area contributed by atoms with Gasteiger partial charge in [0.05, 0.1) is 27.4 Å². The highest BCUT2D eigenvalue weighted by atomic mass is 16.5. The fourth-order valence-electron chi connectivity index (χ4n) is 4.88. The van der Waals surface area contributed by atoms with Crippen molar-refractivity contribution in [3.63, 3.8) is 0 Å². The zero-order valence-electron chi connectivity index (χ0n) is 17.5. The van der Waals surface area contributed by atoms with Gasteiger partial charge in [-0.05, 0) is 69.8 Å². The maximum Gasteiger partial charge on any atom is 0.223 e. The van der Waals surface area contributed by atoms with Gasteiger partial charge < -0.3 is 19.1 Å². The first kappa shape index (κ1) is 18.8. The maximum absolute atomic E-state index is 12.8. The Hall–Kier alpha value is -3.21. The molecule has 0 aromatic heterocycles. The lowest BCUT2D eigenvalue weighted by molar-refractivity contribution is -0.133.